The first-order valence-corrected chi connectivity index (χ1v) is 8.23. The molecule has 13 nitrogen and oxygen atoms in total. The SMILES string of the molecule is CC(NC(=O)C(CCC(=O)O)NC(=O)CNC(=O)C(N)CCC(=O)O)C(=O)O. The van der Waals surface area contributed by atoms with Gasteiger partial charge in [-0.2, -0.15) is 0 Å². The molecule has 8 N–H and O–H groups in total. The number of carbonyl (C=O) groups is 6. The van der Waals surface area contributed by atoms with E-state index >= 15 is 0 Å². The molecule has 0 aliphatic rings. The molecule has 28 heavy (non-hydrogen) atoms. The van der Waals surface area contributed by atoms with Gasteiger partial charge in [0.2, 0.25) is 17.7 Å². The Labute approximate surface area is 159 Å². The van der Waals surface area contributed by atoms with Crippen LogP contribution in [0.15, 0.2) is 0 Å². The molecule has 13 heteroatoms. The highest BCUT2D eigenvalue weighted by Gasteiger charge is 2.25. The average Bonchev–Trinajstić information content (AvgIpc) is 2.60. The van der Waals surface area contributed by atoms with Gasteiger partial charge in [-0.15, -0.1) is 0 Å². The molecule has 3 atom stereocenters. The summed E-state index contributed by atoms with van der Waals surface area (Å²) < 4.78 is 0. The summed E-state index contributed by atoms with van der Waals surface area (Å²) in [6.45, 7) is 0.597. The summed E-state index contributed by atoms with van der Waals surface area (Å²) in [7, 11) is 0. The molecule has 0 saturated carbocycles. The predicted octanol–water partition coefficient (Wildman–Crippen LogP) is -2.77. The number of carbonyl (C=O) groups excluding carboxylic acids is 3. The molecule has 3 amide bonds. The molecule has 0 aromatic carbocycles. The first-order valence-electron chi connectivity index (χ1n) is 8.23. The first kappa shape index (κ1) is 24.8. The highest BCUT2D eigenvalue weighted by Crippen LogP contribution is 2.00. The first-order chi connectivity index (χ1) is 12.9. The van der Waals surface area contributed by atoms with Crippen molar-refractivity contribution in [2.24, 2.45) is 5.73 Å². The maximum Gasteiger partial charge on any atom is 0.325 e. The van der Waals surface area contributed by atoms with Crippen LogP contribution < -0.4 is 21.7 Å². The van der Waals surface area contributed by atoms with Gasteiger partial charge in [0.1, 0.15) is 12.1 Å². The van der Waals surface area contributed by atoms with Crippen LogP contribution in [0.2, 0.25) is 0 Å². The van der Waals surface area contributed by atoms with E-state index in [9.17, 15) is 28.8 Å². The van der Waals surface area contributed by atoms with Gasteiger partial charge in [0.25, 0.3) is 0 Å². The number of hydrogen-bond acceptors (Lipinski definition) is 7. The van der Waals surface area contributed by atoms with Crippen molar-refractivity contribution < 1.29 is 44.1 Å². The molecule has 0 heterocycles. The topological polar surface area (TPSA) is 225 Å². The van der Waals surface area contributed by atoms with Crippen molar-refractivity contribution in [3.63, 3.8) is 0 Å². The Morgan fingerprint density at radius 1 is 0.857 bits per heavy atom. The third-order valence-corrected chi connectivity index (χ3v) is 3.46. The number of carboxylic acid groups (broad SMARTS) is 3. The van der Waals surface area contributed by atoms with Crippen LogP contribution in [0.25, 0.3) is 0 Å². The Hall–Kier alpha value is -3.22. The van der Waals surface area contributed by atoms with Crippen LogP contribution in [0.4, 0.5) is 0 Å². The van der Waals surface area contributed by atoms with Gasteiger partial charge in [-0.25, -0.2) is 0 Å². The summed E-state index contributed by atoms with van der Waals surface area (Å²) >= 11 is 0. The lowest BCUT2D eigenvalue weighted by atomic mass is 10.1. The van der Waals surface area contributed by atoms with Gasteiger partial charge < -0.3 is 37.0 Å². The Morgan fingerprint density at radius 3 is 1.89 bits per heavy atom. The summed E-state index contributed by atoms with van der Waals surface area (Å²) in [5.74, 6) is -6.19. The van der Waals surface area contributed by atoms with Gasteiger partial charge in [0, 0.05) is 12.8 Å². The van der Waals surface area contributed by atoms with Crippen LogP contribution in [-0.2, 0) is 28.8 Å². The second kappa shape index (κ2) is 12.2. The minimum Gasteiger partial charge on any atom is -0.481 e. The molecule has 0 rings (SSSR count). The van der Waals surface area contributed by atoms with Crippen molar-refractivity contribution >= 4 is 35.6 Å². The lowest BCUT2D eigenvalue weighted by Gasteiger charge is -2.20. The minimum absolute atomic E-state index is 0.139. The maximum atomic E-state index is 12.1. The van der Waals surface area contributed by atoms with Crippen molar-refractivity contribution in [2.45, 2.75) is 50.7 Å². The van der Waals surface area contributed by atoms with E-state index in [1.54, 1.807) is 0 Å². The molecule has 0 aliphatic carbocycles. The fourth-order valence-corrected chi connectivity index (χ4v) is 1.87. The highest BCUT2D eigenvalue weighted by molar-refractivity contribution is 5.92. The lowest BCUT2D eigenvalue weighted by molar-refractivity contribution is -0.142. The van der Waals surface area contributed by atoms with Gasteiger partial charge >= 0.3 is 17.9 Å². The zero-order valence-electron chi connectivity index (χ0n) is 15.1. The molecule has 0 radical (unpaired) electrons. The molecular formula is C15H24N4O9. The summed E-state index contributed by atoms with van der Waals surface area (Å²) in [5, 5.41) is 32.5. The number of carboxylic acids is 3. The van der Waals surface area contributed by atoms with Gasteiger partial charge in [-0.1, -0.05) is 0 Å². The Bertz CT molecular complexity index is 623. The number of nitrogens with one attached hydrogen (secondary N) is 3. The van der Waals surface area contributed by atoms with Crippen molar-refractivity contribution in [3.05, 3.63) is 0 Å². The van der Waals surface area contributed by atoms with E-state index in [-0.39, 0.29) is 19.3 Å². The molecule has 0 bridgehead atoms. The van der Waals surface area contributed by atoms with E-state index in [0.717, 1.165) is 0 Å². The van der Waals surface area contributed by atoms with Crippen molar-refractivity contribution in [1.82, 2.24) is 16.0 Å². The van der Waals surface area contributed by atoms with Crippen LogP contribution in [0, 0.1) is 0 Å². The Balaban J connectivity index is 4.70. The Kier molecular flexibility index (Phi) is 10.8. The molecule has 0 saturated heterocycles. The van der Waals surface area contributed by atoms with Crippen LogP contribution in [0.1, 0.15) is 32.6 Å². The van der Waals surface area contributed by atoms with Gasteiger partial charge in [0.05, 0.1) is 12.6 Å². The second-order valence-electron chi connectivity index (χ2n) is 5.88. The van der Waals surface area contributed by atoms with Crippen molar-refractivity contribution in [2.75, 3.05) is 6.54 Å². The van der Waals surface area contributed by atoms with E-state index in [4.69, 9.17) is 21.1 Å². The number of aliphatic carboxylic acids is 3. The lowest BCUT2D eigenvalue weighted by Crippen LogP contribution is -2.53. The van der Waals surface area contributed by atoms with E-state index in [0.29, 0.717) is 0 Å². The third kappa shape index (κ3) is 10.7. The molecule has 0 fully saturated rings. The number of rotatable bonds is 13. The molecular weight excluding hydrogens is 380 g/mol. The molecule has 0 aromatic rings. The van der Waals surface area contributed by atoms with E-state index < -0.39 is 66.7 Å². The standard InChI is InChI=1S/C15H24N4O9/c1-7(15(27)28)18-14(26)9(3-5-12(23)24)19-10(20)6-17-13(25)8(16)2-4-11(21)22/h7-9H,2-6,16H2,1H3,(H,17,25)(H,18,26)(H,19,20)(H,21,22)(H,23,24)(H,27,28). The summed E-state index contributed by atoms with van der Waals surface area (Å²) in [5.41, 5.74) is 5.47. The van der Waals surface area contributed by atoms with E-state index in [1.807, 2.05) is 0 Å². The number of hydrogen-bond donors (Lipinski definition) is 7. The fourth-order valence-electron chi connectivity index (χ4n) is 1.87. The van der Waals surface area contributed by atoms with Gasteiger partial charge in [-0.3, -0.25) is 28.8 Å². The van der Waals surface area contributed by atoms with Gasteiger partial charge in [-0.05, 0) is 19.8 Å². The predicted molar refractivity (Wildman–Crippen MR) is 91.9 cm³/mol. The van der Waals surface area contributed by atoms with Crippen LogP contribution in [0.5, 0.6) is 0 Å². The smallest absolute Gasteiger partial charge is 0.325 e. The molecule has 0 aliphatic heterocycles. The quantitative estimate of drug-likeness (QED) is 0.167. The molecule has 0 aromatic heterocycles. The zero-order valence-corrected chi connectivity index (χ0v) is 15.1. The highest BCUT2D eigenvalue weighted by atomic mass is 16.4. The van der Waals surface area contributed by atoms with Crippen LogP contribution in [0.3, 0.4) is 0 Å². The minimum atomic E-state index is -1.33. The average molecular weight is 404 g/mol. The van der Waals surface area contributed by atoms with Crippen LogP contribution in [-0.4, -0.2) is 75.6 Å². The van der Waals surface area contributed by atoms with Crippen molar-refractivity contribution in [3.8, 4) is 0 Å². The van der Waals surface area contributed by atoms with Gasteiger partial charge in [0.15, 0.2) is 0 Å². The fraction of sp³-hybridized carbons (Fsp3) is 0.600. The second-order valence-corrected chi connectivity index (χ2v) is 5.88. The van der Waals surface area contributed by atoms with Crippen molar-refractivity contribution in [1.29, 1.82) is 0 Å². The van der Waals surface area contributed by atoms with E-state index in [2.05, 4.69) is 16.0 Å². The van der Waals surface area contributed by atoms with Crippen LogP contribution >= 0.6 is 0 Å². The summed E-state index contributed by atoms with van der Waals surface area (Å²) in [4.78, 5) is 67.6. The summed E-state index contributed by atoms with van der Waals surface area (Å²) in [6, 6.07) is -3.74. The number of nitrogens with two attached hydrogens (primary N) is 1. The largest absolute Gasteiger partial charge is 0.481 e. The normalized spacial score (nSPS) is 13.5. The Morgan fingerprint density at radius 2 is 1.39 bits per heavy atom. The van der Waals surface area contributed by atoms with E-state index in [1.165, 1.54) is 6.92 Å². The number of amides is 3. The molecule has 158 valence electrons. The zero-order chi connectivity index (χ0) is 21.9. The monoisotopic (exact) mass is 404 g/mol. The third-order valence-electron chi connectivity index (χ3n) is 3.46. The summed E-state index contributed by atoms with van der Waals surface area (Å²) in [6.07, 6.45) is -1.24. The molecule has 3 unspecified atom stereocenters. The maximum absolute atomic E-state index is 12.1. The molecule has 0 spiro atoms.